The molecule has 0 spiro atoms. The maximum Gasteiger partial charge on any atom is 0.407 e. The molecule has 0 radical (unpaired) electrons. The molecule has 0 aliphatic carbocycles. The molecule has 1 aliphatic heterocycles. The number of nitrogens with one attached hydrogen (secondary N) is 5. The summed E-state index contributed by atoms with van der Waals surface area (Å²) in [6.45, 7) is 25.1. The van der Waals surface area contributed by atoms with Crippen LogP contribution in [-0.2, 0) is 45.3 Å². The van der Waals surface area contributed by atoms with E-state index >= 15 is 0 Å². The quantitative estimate of drug-likeness (QED) is 0.0874. The van der Waals surface area contributed by atoms with Crippen LogP contribution in [0.15, 0.2) is 24.3 Å². The standard InChI is InChI=1S/C42H70N6O8S/c1-38(2,3)27-19-17-26(18-20-27)24-30(47-36(53)33-41(10,11)57-42(12,13)48-33)35(52)45-28(21-22-32(50)55-39(4,5)6)25-31(49)46-29(34(43)51)16-14-15-23-44-37(54)56-40(7,8)9/h17-20,28-30,33,48H,14-16,21-25H2,1-13H3,(H2,43,51)(H,44,54)(H,45,52)(H,46,49)(H,47,53)/t28-,29+,30-,33?/m0/s1. The normalized spacial score (nSPS) is 18.0. The molecule has 0 bridgehead atoms. The van der Waals surface area contributed by atoms with E-state index in [1.807, 2.05) is 52.0 Å². The van der Waals surface area contributed by atoms with Gasteiger partial charge in [-0.1, -0.05) is 45.0 Å². The predicted molar refractivity (Wildman–Crippen MR) is 224 cm³/mol. The average Bonchev–Trinajstić information content (AvgIpc) is 3.26. The second kappa shape index (κ2) is 20.2. The molecule has 57 heavy (non-hydrogen) atoms. The Balaban J connectivity index is 2.28. The van der Waals surface area contributed by atoms with Gasteiger partial charge in [0.1, 0.15) is 29.3 Å². The fraction of sp³-hybridized carbons (Fsp3) is 0.714. The minimum atomic E-state index is -1.02. The number of carbonyl (C=O) groups is 6. The van der Waals surface area contributed by atoms with Gasteiger partial charge in [-0.05, 0) is 111 Å². The van der Waals surface area contributed by atoms with Crippen LogP contribution in [0.2, 0.25) is 0 Å². The zero-order valence-electron chi connectivity index (χ0n) is 36.5. The Morgan fingerprint density at radius 3 is 1.91 bits per heavy atom. The summed E-state index contributed by atoms with van der Waals surface area (Å²) < 4.78 is 10.3. The zero-order valence-corrected chi connectivity index (χ0v) is 37.3. The van der Waals surface area contributed by atoms with E-state index in [0.717, 1.165) is 11.1 Å². The van der Waals surface area contributed by atoms with E-state index in [1.165, 1.54) is 0 Å². The first-order valence-corrected chi connectivity index (χ1v) is 20.7. The summed E-state index contributed by atoms with van der Waals surface area (Å²) in [5.41, 5.74) is 6.13. The molecule has 2 rings (SSSR count). The van der Waals surface area contributed by atoms with Crippen molar-refractivity contribution in [3.05, 3.63) is 35.4 Å². The van der Waals surface area contributed by atoms with Gasteiger partial charge >= 0.3 is 12.1 Å². The number of rotatable bonds is 18. The molecular weight excluding hydrogens is 749 g/mol. The van der Waals surface area contributed by atoms with Crippen molar-refractivity contribution in [2.45, 2.75) is 185 Å². The Morgan fingerprint density at radius 2 is 1.40 bits per heavy atom. The number of esters is 1. The first kappa shape index (κ1) is 49.3. The predicted octanol–water partition coefficient (Wildman–Crippen LogP) is 4.89. The number of benzene rings is 1. The maximum atomic E-state index is 14.2. The van der Waals surface area contributed by atoms with Crippen molar-refractivity contribution in [3.8, 4) is 0 Å². The van der Waals surface area contributed by atoms with Crippen molar-refractivity contribution in [2.75, 3.05) is 6.54 Å². The van der Waals surface area contributed by atoms with Crippen LogP contribution in [0, 0.1) is 0 Å². The molecular formula is C42H70N6O8S. The summed E-state index contributed by atoms with van der Waals surface area (Å²) >= 11 is 1.64. The van der Waals surface area contributed by atoms with E-state index in [2.05, 4.69) is 47.4 Å². The number of thioether (sulfide) groups is 1. The number of hydrogen-bond acceptors (Lipinski definition) is 10. The topological polar surface area (TPSA) is 207 Å². The number of alkyl carbamates (subject to hydrolysis) is 1. The minimum absolute atomic E-state index is 0.0502. The molecule has 1 aromatic carbocycles. The van der Waals surface area contributed by atoms with E-state index in [-0.39, 0.29) is 48.3 Å². The molecule has 1 fully saturated rings. The van der Waals surface area contributed by atoms with Crippen LogP contribution in [0.1, 0.15) is 140 Å². The van der Waals surface area contributed by atoms with Crippen molar-refractivity contribution < 1.29 is 38.2 Å². The second-order valence-corrected chi connectivity index (χ2v) is 21.3. The second-order valence-electron chi connectivity index (χ2n) is 19.0. The molecule has 322 valence electrons. The van der Waals surface area contributed by atoms with Crippen LogP contribution in [0.5, 0.6) is 0 Å². The van der Waals surface area contributed by atoms with Crippen LogP contribution >= 0.6 is 11.8 Å². The molecule has 1 aliphatic rings. The van der Waals surface area contributed by atoms with E-state index in [9.17, 15) is 28.8 Å². The van der Waals surface area contributed by atoms with Gasteiger partial charge in [-0.15, -0.1) is 11.8 Å². The number of unbranched alkanes of at least 4 members (excludes halogenated alkanes) is 1. The third-order valence-electron chi connectivity index (χ3n) is 9.02. The lowest BCUT2D eigenvalue weighted by atomic mass is 9.86. The fourth-order valence-electron chi connectivity index (χ4n) is 6.44. The average molecular weight is 819 g/mol. The monoisotopic (exact) mass is 818 g/mol. The van der Waals surface area contributed by atoms with Gasteiger partial charge in [-0.3, -0.25) is 29.3 Å². The van der Waals surface area contributed by atoms with Gasteiger partial charge in [0.25, 0.3) is 0 Å². The van der Waals surface area contributed by atoms with Crippen molar-refractivity contribution in [2.24, 2.45) is 5.73 Å². The van der Waals surface area contributed by atoms with Crippen molar-refractivity contribution in [1.29, 1.82) is 0 Å². The van der Waals surface area contributed by atoms with Crippen LogP contribution in [0.3, 0.4) is 0 Å². The van der Waals surface area contributed by atoms with E-state index in [4.69, 9.17) is 15.2 Å². The van der Waals surface area contributed by atoms with Crippen LogP contribution in [0.4, 0.5) is 4.79 Å². The minimum Gasteiger partial charge on any atom is -0.460 e. The number of carbonyl (C=O) groups excluding carboxylic acids is 6. The van der Waals surface area contributed by atoms with Gasteiger partial charge in [0.05, 0.1) is 4.87 Å². The number of hydrogen-bond donors (Lipinski definition) is 6. The van der Waals surface area contributed by atoms with Crippen molar-refractivity contribution in [1.82, 2.24) is 26.6 Å². The highest BCUT2D eigenvalue weighted by Crippen LogP contribution is 2.44. The smallest absolute Gasteiger partial charge is 0.407 e. The Bertz CT molecular complexity index is 1560. The molecule has 0 aromatic heterocycles. The van der Waals surface area contributed by atoms with E-state index in [0.29, 0.717) is 19.4 Å². The molecule has 14 nitrogen and oxygen atoms in total. The van der Waals surface area contributed by atoms with Crippen LogP contribution in [-0.4, -0.2) is 87.2 Å². The van der Waals surface area contributed by atoms with Gasteiger partial charge in [-0.25, -0.2) is 4.79 Å². The molecule has 1 heterocycles. The third kappa shape index (κ3) is 18.5. The van der Waals surface area contributed by atoms with E-state index in [1.54, 1.807) is 53.3 Å². The maximum absolute atomic E-state index is 14.2. The molecule has 0 saturated carbocycles. The Morgan fingerprint density at radius 1 is 0.807 bits per heavy atom. The Labute approximate surface area is 344 Å². The van der Waals surface area contributed by atoms with Crippen molar-refractivity contribution >= 4 is 47.5 Å². The largest absolute Gasteiger partial charge is 0.460 e. The summed E-state index contributed by atoms with van der Waals surface area (Å²) in [5.74, 6) is -2.66. The SMILES string of the molecule is CC(C)(C)OC(=O)CC[C@@H](CC(=O)N[C@H](CCCCNC(=O)OC(C)(C)C)C(N)=O)NC(=O)[C@H](Cc1ccc(C(C)(C)C)cc1)NC(=O)C1NC(C)(C)SC1(C)C. The molecule has 15 heteroatoms. The molecule has 1 saturated heterocycles. The summed E-state index contributed by atoms with van der Waals surface area (Å²) in [4.78, 5) is 78.3. The molecule has 1 aromatic rings. The molecule has 5 amide bonds. The lowest BCUT2D eigenvalue weighted by Crippen LogP contribution is -2.58. The van der Waals surface area contributed by atoms with Gasteiger partial charge in [0.2, 0.25) is 23.6 Å². The highest BCUT2D eigenvalue weighted by Gasteiger charge is 2.49. The van der Waals surface area contributed by atoms with E-state index < -0.39 is 69.9 Å². The molecule has 4 atom stereocenters. The van der Waals surface area contributed by atoms with Crippen molar-refractivity contribution in [3.63, 3.8) is 0 Å². The summed E-state index contributed by atoms with van der Waals surface area (Å²) in [6.07, 6.45) is 0.473. The lowest BCUT2D eigenvalue weighted by Gasteiger charge is -2.28. The first-order chi connectivity index (χ1) is 26.0. The number of primary amides is 1. The highest BCUT2D eigenvalue weighted by molar-refractivity contribution is 8.02. The van der Waals surface area contributed by atoms with Gasteiger partial charge in [-0.2, -0.15) is 0 Å². The molecule has 1 unspecified atom stereocenters. The number of amides is 5. The van der Waals surface area contributed by atoms with Crippen LogP contribution in [0.25, 0.3) is 0 Å². The lowest BCUT2D eigenvalue weighted by molar-refractivity contribution is -0.155. The summed E-state index contributed by atoms with van der Waals surface area (Å²) in [6, 6.07) is 4.40. The zero-order chi connectivity index (χ0) is 43.6. The van der Waals surface area contributed by atoms with Gasteiger partial charge < -0.3 is 36.5 Å². The highest BCUT2D eigenvalue weighted by atomic mass is 32.2. The van der Waals surface area contributed by atoms with Gasteiger partial charge in [0, 0.05) is 36.6 Å². The Kier molecular flexibility index (Phi) is 17.5. The number of nitrogens with two attached hydrogens (primary N) is 1. The van der Waals surface area contributed by atoms with Crippen LogP contribution < -0.4 is 32.3 Å². The summed E-state index contributed by atoms with van der Waals surface area (Å²) in [5, 5.41) is 14.6. The Hall–Kier alpha value is -3.85. The molecule has 7 N–H and O–H groups in total. The fourth-order valence-corrected chi connectivity index (χ4v) is 8.22. The number of ether oxygens (including phenoxy) is 2. The first-order valence-electron chi connectivity index (χ1n) is 19.9. The summed E-state index contributed by atoms with van der Waals surface area (Å²) in [7, 11) is 0. The third-order valence-corrected chi connectivity index (χ3v) is 10.4. The van der Waals surface area contributed by atoms with Gasteiger partial charge in [0.15, 0.2) is 0 Å².